The number of amides is 3. The van der Waals surface area contributed by atoms with E-state index in [1.807, 2.05) is 0 Å². The van der Waals surface area contributed by atoms with E-state index < -0.39 is 0 Å². The molecule has 0 aliphatic carbocycles. The summed E-state index contributed by atoms with van der Waals surface area (Å²) in [7, 11) is 0. The minimum absolute atomic E-state index is 0.0614. The number of hydrogen-bond donors (Lipinski definition) is 3. The van der Waals surface area contributed by atoms with Gasteiger partial charge in [-0.1, -0.05) is 0 Å². The molecule has 0 spiro atoms. The fourth-order valence-electron chi connectivity index (χ4n) is 1.45. The third-order valence-electron chi connectivity index (χ3n) is 2.25. The summed E-state index contributed by atoms with van der Waals surface area (Å²) in [4.78, 5) is 27.7. The zero-order valence-corrected chi connectivity index (χ0v) is 8.43. The first-order chi connectivity index (χ1) is 7.70. The molecule has 4 N–H and O–H groups in total. The Labute approximate surface area is 91.6 Å². The van der Waals surface area contributed by atoms with Crippen LogP contribution in [-0.4, -0.2) is 28.4 Å². The molecule has 3 amide bonds. The monoisotopic (exact) mass is 221 g/mol. The molecule has 0 radical (unpaired) electrons. The first-order valence-electron chi connectivity index (χ1n) is 4.70. The highest BCUT2D eigenvalue weighted by Gasteiger charge is 2.28. The lowest BCUT2D eigenvalue weighted by molar-refractivity contribution is -0.125. The third kappa shape index (κ3) is 1.94. The first kappa shape index (κ1) is 10.4. The van der Waals surface area contributed by atoms with Crippen molar-refractivity contribution in [3.05, 3.63) is 23.9 Å². The summed E-state index contributed by atoms with van der Waals surface area (Å²) in [6.07, 6.45) is 1.56. The van der Waals surface area contributed by atoms with Crippen LogP contribution in [0, 0.1) is 0 Å². The zero-order valence-electron chi connectivity index (χ0n) is 8.43. The summed E-state index contributed by atoms with van der Waals surface area (Å²) < 4.78 is 0. The maximum absolute atomic E-state index is 11.3. The van der Waals surface area contributed by atoms with Crippen LogP contribution in [0.1, 0.15) is 5.56 Å². The molecule has 1 aliphatic heterocycles. The van der Waals surface area contributed by atoms with E-state index in [4.69, 9.17) is 5.84 Å². The summed E-state index contributed by atoms with van der Waals surface area (Å²) in [5.41, 5.74) is 3.19. The molecule has 1 aliphatic rings. The molecule has 1 aromatic heterocycles. The number of rotatable bonds is 3. The van der Waals surface area contributed by atoms with Crippen LogP contribution < -0.4 is 16.6 Å². The number of pyridine rings is 1. The predicted molar refractivity (Wildman–Crippen MR) is 56.0 cm³/mol. The second-order valence-electron chi connectivity index (χ2n) is 3.33. The van der Waals surface area contributed by atoms with Gasteiger partial charge in [0.05, 0.1) is 13.1 Å². The number of nitrogen functional groups attached to an aromatic ring is 1. The van der Waals surface area contributed by atoms with Gasteiger partial charge in [-0.15, -0.1) is 0 Å². The molecule has 84 valence electrons. The SMILES string of the molecule is NNc1cc(CN2C(=O)CNC2=O)ccn1. The minimum atomic E-state index is -0.371. The molecule has 0 aromatic carbocycles. The van der Waals surface area contributed by atoms with Crippen LogP contribution in [0.15, 0.2) is 18.3 Å². The van der Waals surface area contributed by atoms with Crippen molar-refractivity contribution in [3.8, 4) is 0 Å². The van der Waals surface area contributed by atoms with Crippen LogP contribution in [0.5, 0.6) is 0 Å². The Hall–Kier alpha value is -2.15. The molecule has 1 aromatic rings. The van der Waals surface area contributed by atoms with Crippen LogP contribution in [0.4, 0.5) is 10.6 Å². The Kier molecular flexibility index (Phi) is 2.69. The maximum Gasteiger partial charge on any atom is 0.324 e. The van der Waals surface area contributed by atoms with Crippen LogP contribution in [0.3, 0.4) is 0 Å². The number of aromatic nitrogens is 1. The van der Waals surface area contributed by atoms with E-state index in [1.54, 1.807) is 18.3 Å². The number of urea groups is 1. The van der Waals surface area contributed by atoms with Gasteiger partial charge in [-0.3, -0.25) is 9.69 Å². The van der Waals surface area contributed by atoms with Gasteiger partial charge in [-0.25, -0.2) is 15.6 Å². The van der Waals surface area contributed by atoms with Gasteiger partial charge in [0.25, 0.3) is 0 Å². The normalized spacial score (nSPS) is 15.2. The molecule has 16 heavy (non-hydrogen) atoms. The fraction of sp³-hybridized carbons (Fsp3) is 0.222. The summed E-state index contributed by atoms with van der Waals surface area (Å²) in [5, 5.41) is 2.45. The first-order valence-corrected chi connectivity index (χ1v) is 4.70. The van der Waals surface area contributed by atoms with E-state index >= 15 is 0 Å². The van der Waals surface area contributed by atoms with Gasteiger partial charge < -0.3 is 10.7 Å². The second kappa shape index (κ2) is 4.15. The summed E-state index contributed by atoms with van der Waals surface area (Å²) in [6, 6.07) is 3.03. The maximum atomic E-state index is 11.3. The summed E-state index contributed by atoms with van der Waals surface area (Å²) >= 11 is 0. The lowest BCUT2D eigenvalue weighted by Crippen LogP contribution is -2.30. The average Bonchev–Trinajstić information content (AvgIpc) is 2.61. The molecular weight excluding hydrogens is 210 g/mol. The van der Waals surface area contributed by atoms with E-state index in [-0.39, 0.29) is 25.0 Å². The summed E-state index contributed by atoms with van der Waals surface area (Å²) in [6.45, 7) is 0.285. The van der Waals surface area contributed by atoms with Gasteiger partial charge in [0.2, 0.25) is 5.91 Å². The molecule has 2 rings (SSSR count). The summed E-state index contributed by atoms with van der Waals surface area (Å²) in [5.74, 6) is 5.47. The minimum Gasteiger partial charge on any atom is -0.329 e. The van der Waals surface area contributed by atoms with Crippen molar-refractivity contribution in [2.45, 2.75) is 6.54 Å². The van der Waals surface area contributed by atoms with Gasteiger partial charge >= 0.3 is 6.03 Å². The molecule has 0 bridgehead atoms. The lowest BCUT2D eigenvalue weighted by Gasteiger charge is -2.12. The Morgan fingerprint density at radius 1 is 1.56 bits per heavy atom. The number of carbonyl (C=O) groups is 2. The van der Waals surface area contributed by atoms with Gasteiger partial charge in [0.15, 0.2) is 0 Å². The molecule has 1 saturated heterocycles. The van der Waals surface area contributed by atoms with Crippen LogP contribution in [-0.2, 0) is 11.3 Å². The Balaban J connectivity index is 2.14. The standard InChI is InChI=1S/C9H11N5O2/c10-13-7-3-6(1-2-11-7)5-14-8(15)4-12-9(14)16/h1-3H,4-5,10H2,(H,11,13)(H,12,16). The number of nitrogens with one attached hydrogen (secondary N) is 2. The highest BCUT2D eigenvalue weighted by Crippen LogP contribution is 2.10. The topological polar surface area (TPSA) is 100 Å². The molecule has 0 unspecified atom stereocenters. The van der Waals surface area contributed by atoms with Crippen molar-refractivity contribution in [2.75, 3.05) is 12.0 Å². The number of nitrogens with two attached hydrogens (primary N) is 1. The van der Waals surface area contributed by atoms with Gasteiger partial charge in [-0.05, 0) is 17.7 Å². The zero-order chi connectivity index (χ0) is 11.5. The van der Waals surface area contributed by atoms with Crippen LogP contribution in [0.2, 0.25) is 0 Å². The molecule has 0 atom stereocenters. The highest BCUT2D eigenvalue weighted by atomic mass is 16.2. The highest BCUT2D eigenvalue weighted by molar-refractivity contribution is 6.01. The van der Waals surface area contributed by atoms with Crippen molar-refractivity contribution in [1.82, 2.24) is 15.2 Å². The number of hydrogen-bond acceptors (Lipinski definition) is 5. The van der Waals surface area contributed by atoms with Gasteiger partial charge in [-0.2, -0.15) is 0 Å². The number of carbonyl (C=O) groups excluding carboxylic acids is 2. The van der Waals surface area contributed by atoms with Gasteiger partial charge in [0.1, 0.15) is 5.82 Å². The van der Waals surface area contributed by atoms with Crippen molar-refractivity contribution in [1.29, 1.82) is 0 Å². The van der Waals surface area contributed by atoms with Crippen LogP contribution in [0.25, 0.3) is 0 Å². The van der Waals surface area contributed by atoms with E-state index in [1.165, 1.54) is 0 Å². The Morgan fingerprint density at radius 3 is 3.00 bits per heavy atom. The molecule has 2 heterocycles. The number of anilines is 1. The quantitative estimate of drug-likeness (QED) is 0.360. The smallest absolute Gasteiger partial charge is 0.324 e. The number of imide groups is 1. The number of hydrazine groups is 1. The van der Waals surface area contributed by atoms with Crippen LogP contribution >= 0.6 is 0 Å². The Morgan fingerprint density at radius 2 is 2.38 bits per heavy atom. The Bertz CT molecular complexity index is 418. The largest absolute Gasteiger partial charge is 0.329 e. The van der Waals surface area contributed by atoms with Crippen molar-refractivity contribution >= 4 is 17.8 Å². The van der Waals surface area contributed by atoms with Crippen molar-refractivity contribution in [2.24, 2.45) is 5.84 Å². The van der Waals surface area contributed by atoms with E-state index in [0.29, 0.717) is 5.82 Å². The molecule has 7 heteroatoms. The molecule has 0 saturated carbocycles. The molecule has 1 fully saturated rings. The fourth-order valence-corrected chi connectivity index (χ4v) is 1.45. The average molecular weight is 221 g/mol. The van der Waals surface area contributed by atoms with Crippen molar-refractivity contribution < 1.29 is 9.59 Å². The third-order valence-corrected chi connectivity index (χ3v) is 2.25. The molecule has 7 nitrogen and oxygen atoms in total. The van der Waals surface area contributed by atoms with E-state index in [9.17, 15) is 9.59 Å². The number of nitrogens with zero attached hydrogens (tertiary/aromatic N) is 2. The van der Waals surface area contributed by atoms with Crippen molar-refractivity contribution in [3.63, 3.8) is 0 Å². The lowest BCUT2D eigenvalue weighted by atomic mass is 10.2. The predicted octanol–water partition coefficient (Wildman–Crippen LogP) is -0.581. The van der Waals surface area contributed by atoms with E-state index in [0.717, 1.165) is 10.5 Å². The van der Waals surface area contributed by atoms with E-state index in [2.05, 4.69) is 15.7 Å². The van der Waals surface area contributed by atoms with Gasteiger partial charge in [0, 0.05) is 6.20 Å². The second-order valence-corrected chi connectivity index (χ2v) is 3.33. The molecular formula is C9H11N5O2.